The smallest absolute Gasteiger partial charge is 0.347 e. The number of carbonyl (C=O) groups is 2. The summed E-state index contributed by atoms with van der Waals surface area (Å²) >= 11 is 0. The van der Waals surface area contributed by atoms with Crippen LogP contribution in [0.25, 0.3) is 50.1 Å². The largest absolute Gasteiger partial charge is 0.507 e. The summed E-state index contributed by atoms with van der Waals surface area (Å²) in [5.74, 6) is -3.36. The molecule has 0 amide bonds. The van der Waals surface area contributed by atoms with E-state index in [4.69, 9.17) is 9.15 Å². The van der Waals surface area contributed by atoms with Crippen molar-refractivity contribution in [1.29, 1.82) is 0 Å². The first-order valence-corrected chi connectivity index (χ1v) is 16.4. The van der Waals surface area contributed by atoms with E-state index in [0.29, 0.717) is 33.9 Å². The van der Waals surface area contributed by atoms with Crippen molar-refractivity contribution in [3.8, 4) is 39.9 Å². The highest BCUT2D eigenvalue weighted by atomic mass is 16.5. The molecule has 1 aliphatic carbocycles. The monoisotopic (exact) mass is 690 g/mol. The number of hydrogen-bond acceptors (Lipinski definition) is 10. The van der Waals surface area contributed by atoms with Gasteiger partial charge in [0.1, 0.15) is 28.6 Å². The Kier molecular flexibility index (Phi) is 8.45. The number of methoxy groups -OCH3 is 1. The first kappa shape index (κ1) is 34.8. The van der Waals surface area contributed by atoms with Gasteiger partial charge in [-0.15, -0.1) is 0 Å². The van der Waals surface area contributed by atoms with Gasteiger partial charge in [-0.3, -0.25) is 9.59 Å². The number of rotatable bonds is 6. The number of aryl methyl sites for hydroxylation is 2. The molecule has 0 radical (unpaired) electrons. The fraction of sp³-hybridized carbons (Fsp3) is 0.244. The SMILES string of the molecule is COc1cccc2c(O)c(/C=C3\C(=O)C(O)=C(C(C)C)c4cc(C)c(-c5c(C)cc6c(C(C)C)c(C)c(O)c(C=O)c6c5O)c(O)c43)c(=O)oc12. The van der Waals surface area contributed by atoms with E-state index in [1.54, 1.807) is 58.9 Å². The molecule has 0 fully saturated rings. The lowest BCUT2D eigenvalue weighted by Gasteiger charge is -2.28. The van der Waals surface area contributed by atoms with E-state index in [-0.39, 0.29) is 72.9 Å². The van der Waals surface area contributed by atoms with Crippen LogP contribution < -0.4 is 10.4 Å². The van der Waals surface area contributed by atoms with Crippen LogP contribution in [0.3, 0.4) is 0 Å². The summed E-state index contributed by atoms with van der Waals surface area (Å²) in [6.07, 6.45) is 1.55. The fourth-order valence-electron chi connectivity index (χ4n) is 7.55. The number of aldehydes is 1. The molecule has 0 spiro atoms. The molecule has 5 aromatic rings. The van der Waals surface area contributed by atoms with Crippen LogP contribution >= 0.6 is 0 Å². The molecule has 1 aliphatic rings. The molecule has 51 heavy (non-hydrogen) atoms. The van der Waals surface area contributed by atoms with Crippen LogP contribution in [-0.4, -0.2) is 44.7 Å². The third-order valence-electron chi connectivity index (χ3n) is 9.78. The Labute approximate surface area is 293 Å². The lowest BCUT2D eigenvalue weighted by atomic mass is 9.76. The van der Waals surface area contributed by atoms with E-state index in [0.717, 1.165) is 11.6 Å². The molecule has 0 atom stereocenters. The molecule has 0 saturated carbocycles. The fourth-order valence-corrected chi connectivity index (χ4v) is 7.55. The van der Waals surface area contributed by atoms with Crippen LogP contribution in [-0.2, 0) is 4.79 Å². The van der Waals surface area contributed by atoms with Gasteiger partial charge in [-0.1, -0.05) is 45.9 Å². The summed E-state index contributed by atoms with van der Waals surface area (Å²) in [6.45, 7) is 12.6. The molecule has 1 heterocycles. The number of benzene rings is 4. The summed E-state index contributed by atoms with van der Waals surface area (Å²) in [4.78, 5) is 39.7. The zero-order valence-corrected chi connectivity index (χ0v) is 29.5. The topological polar surface area (TPSA) is 175 Å². The van der Waals surface area contributed by atoms with Gasteiger partial charge in [-0.05, 0) is 84.0 Å². The minimum absolute atomic E-state index is 0.00980. The summed E-state index contributed by atoms with van der Waals surface area (Å²) in [5, 5.41) is 58.7. The number of allylic oxidation sites excluding steroid dienone is 2. The molecule has 10 heteroatoms. The summed E-state index contributed by atoms with van der Waals surface area (Å²) in [6, 6.07) is 8.10. The minimum atomic E-state index is -1.00. The van der Waals surface area contributed by atoms with E-state index in [2.05, 4.69) is 0 Å². The van der Waals surface area contributed by atoms with Gasteiger partial charge >= 0.3 is 5.63 Å². The van der Waals surface area contributed by atoms with Crippen molar-refractivity contribution in [1.82, 2.24) is 0 Å². The standard InChI is InChI=1S/C41H38O10/c1-16(2)28-20(7)34(43)26(15-42)33-22(28)12-18(5)31(38(33)47)30-19(6)13-23-29(17(3)4)39(48)36(45)24(32(23)37(30)46)14-25-35(44)21-10-9-11-27(50-8)40(21)51-41(25)49/h9-17,43-44,46-48H,1-8H3/b24-14-. The molecule has 262 valence electrons. The van der Waals surface area contributed by atoms with E-state index >= 15 is 0 Å². The Morgan fingerprint density at radius 2 is 1.41 bits per heavy atom. The van der Waals surface area contributed by atoms with Crippen molar-refractivity contribution >= 4 is 51.0 Å². The minimum Gasteiger partial charge on any atom is -0.507 e. The van der Waals surface area contributed by atoms with Crippen LogP contribution in [0.4, 0.5) is 0 Å². The molecule has 1 aromatic heterocycles. The first-order chi connectivity index (χ1) is 24.1. The van der Waals surface area contributed by atoms with Crippen LogP contribution in [0.1, 0.15) is 82.9 Å². The van der Waals surface area contributed by atoms with Crippen molar-refractivity contribution in [3.63, 3.8) is 0 Å². The number of hydrogen-bond donors (Lipinski definition) is 5. The van der Waals surface area contributed by atoms with Gasteiger partial charge in [0.25, 0.3) is 0 Å². The molecular formula is C41H38O10. The molecule has 0 saturated heterocycles. The van der Waals surface area contributed by atoms with Crippen LogP contribution in [0.2, 0.25) is 0 Å². The van der Waals surface area contributed by atoms with Crippen molar-refractivity contribution in [3.05, 3.63) is 91.0 Å². The number of phenols is 3. The van der Waals surface area contributed by atoms with Crippen LogP contribution in [0.5, 0.6) is 28.7 Å². The summed E-state index contributed by atoms with van der Waals surface area (Å²) in [7, 11) is 1.38. The zero-order valence-electron chi connectivity index (χ0n) is 29.5. The highest BCUT2D eigenvalue weighted by Crippen LogP contribution is 2.53. The second-order valence-electron chi connectivity index (χ2n) is 13.5. The second kappa shape index (κ2) is 12.4. The second-order valence-corrected chi connectivity index (χ2v) is 13.5. The predicted octanol–water partition coefficient (Wildman–Crippen LogP) is 8.35. The van der Waals surface area contributed by atoms with Crippen LogP contribution in [0, 0.1) is 26.7 Å². The Morgan fingerprint density at radius 1 is 0.765 bits per heavy atom. The summed E-state index contributed by atoms with van der Waals surface area (Å²) in [5.41, 5.74) is 1.19. The Balaban J connectivity index is 1.74. The maximum absolute atomic E-state index is 14.0. The number of phenolic OH excluding ortho intramolecular Hbond substituents is 3. The highest BCUT2D eigenvalue weighted by molar-refractivity contribution is 6.37. The van der Waals surface area contributed by atoms with Gasteiger partial charge in [0, 0.05) is 33.2 Å². The number of para-hydroxylation sites is 1. The zero-order chi connectivity index (χ0) is 37.4. The lowest BCUT2D eigenvalue weighted by molar-refractivity contribution is -0.112. The molecular weight excluding hydrogens is 652 g/mol. The molecule has 0 aliphatic heterocycles. The normalized spacial score (nSPS) is 14.0. The number of Topliss-reactive ketones (excluding diaryl/α,β-unsaturated/α-hetero) is 1. The lowest BCUT2D eigenvalue weighted by Crippen LogP contribution is -2.19. The number of fused-ring (bicyclic) bond motifs is 3. The van der Waals surface area contributed by atoms with Gasteiger partial charge in [0.05, 0.1) is 18.1 Å². The molecule has 4 aromatic carbocycles. The van der Waals surface area contributed by atoms with E-state index < -0.39 is 40.1 Å². The Hall–Kier alpha value is -6.03. The average molecular weight is 691 g/mol. The van der Waals surface area contributed by atoms with Crippen molar-refractivity contribution in [2.45, 2.75) is 54.4 Å². The number of carbonyl (C=O) groups excluding carboxylic acids is 2. The van der Waals surface area contributed by atoms with Gasteiger partial charge < -0.3 is 34.7 Å². The number of aliphatic hydroxyl groups is 1. The molecule has 6 rings (SSSR count). The first-order valence-electron chi connectivity index (χ1n) is 16.4. The Bertz CT molecular complexity index is 2490. The summed E-state index contributed by atoms with van der Waals surface area (Å²) < 4.78 is 10.8. The quantitative estimate of drug-likeness (QED) is 0.0661. The third kappa shape index (κ3) is 5.04. The number of ether oxygens (including phenoxy) is 1. The van der Waals surface area contributed by atoms with Crippen LogP contribution in [0.15, 0.2) is 45.3 Å². The van der Waals surface area contributed by atoms with E-state index in [1.165, 1.54) is 13.2 Å². The van der Waals surface area contributed by atoms with Gasteiger partial charge in [0.15, 0.2) is 23.4 Å². The predicted molar refractivity (Wildman–Crippen MR) is 196 cm³/mol. The number of ketones is 1. The van der Waals surface area contributed by atoms with E-state index in [9.17, 15) is 39.9 Å². The van der Waals surface area contributed by atoms with Crippen molar-refractivity contribution in [2.24, 2.45) is 5.92 Å². The molecule has 0 unspecified atom stereocenters. The maximum Gasteiger partial charge on any atom is 0.347 e. The van der Waals surface area contributed by atoms with Crippen molar-refractivity contribution in [2.75, 3.05) is 7.11 Å². The maximum atomic E-state index is 14.0. The molecule has 10 nitrogen and oxygen atoms in total. The number of aromatic hydroxyl groups is 4. The van der Waals surface area contributed by atoms with E-state index in [1.807, 2.05) is 13.8 Å². The third-order valence-corrected chi connectivity index (χ3v) is 9.78. The van der Waals surface area contributed by atoms with Gasteiger partial charge in [0.2, 0.25) is 5.78 Å². The Morgan fingerprint density at radius 3 is 2.02 bits per heavy atom. The molecule has 5 N–H and O–H groups in total. The van der Waals surface area contributed by atoms with Gasteiger partial charge in [-0.25, -0.2) is 4.79 Å². The van der Waals surface area contributed by atoms with Gasteiger partial charge in [-0.2, -0.15) is 0 Å². The molecule has 0 bridgehead atoms. The highest BCUT2D eigenvalue weighted by Gasteiger charge is 2.36. The average Bonchev–Trinajstić information content (AvgIpc) is 3.06. The van der Waals surface area contributed by atoms with Crippen molar-refractivity contribution < 1.29 is 44.3 Å². The number of aliphatic hydroxyl groups excluding tert-OH is 1.